The Morgan fingerprint density at radius 1 is 0.971 bits per heavy atom. The van der Waals surface area contributed by atoms with Gasteiger partial charge in [0.2, 0.25) is 0 Å². The number of methoxy groups -OCH3 is 1. The maximum Gasteiger partial charge on any atom is 0.174 e. The summed E-state index contributed by atoms with van der Waals surface area (Å²) in [5.74, 6) is 0.566. The summed E-state index contributed by atoms with van der Waals surface area (Å²) in [5, 5.41) is 4.07. The molecule has 0 radical (unpaired) electrons. The summed E-state index contributed by atoms with van der Waals surface area (Å²) in [4.78, 5) is 6.72. The Labute approximate surface area is 210 Å². The number of thiocarbonyl (C=S) groups is 1. The number of benzene rings is 2. The molecular weight excluding hydrogens is 459 g/mol. The van der Waals surface area contributed by atoms with Crippen LogP contribution in [0.15, 0.2) is 72.9 Å². The molecule has 178 valence electrons. The first kappa shape index (κ1) is 23.1. The van der Waals surface area contributed by atoms with Gasteiger partial charge >= 0.3 is 0 Å². The zero-order chi connectivity index (χ0) is 24.7. The molecular formula is C28H27FN4OS. The number of aromatic nitrogens is 2. The summed E-state index contributed by atoms with van der Waals surface area (Å²) in [7, 11) is 1.67. The van der Waals surface area contributed by atoms with E-state index in [0.717, 1.165) is 39.8 Å². The predicted molar refractivity (Wildman–Crippen MR) is 141 cm³/mol. The third-order valence-corrected chi connectivity index (χ3v) is 6.93. The molecule has 1 fully saturated rings. The van der Waals surface area contributed by atoms with Crippen molar-refractivity contribution in [1.29, 1.82) is 0 Å². The van der Waals surface area contributed by atoms with Crippen molar-refractivity contribution in [2.24, 2.45) is 0 Å². The first-order valence-electron chi connectivity index (χ1n) is 11.5. The van der Waals surface area contributed by atoms with Gasteiger partial charge in [-0.15, -0.1) is 0 Å². The molecule has 7 heteroatoms. The predicted octanol–water partition coefficient (Wildman–Crippen LogP) is 6.12. The molecule has 4 aromatic rings. The van der Waals surface area contributed by atoms with Gasteiger partial charge in [0.1, 0.15) is 11.6 Å². The number of ether oxygens (including phenoxy) is 1. The van der Waals surface area contributed by atoms with E-state index in [2.05, 4.69) is 45.7 Å². The van der Waals surface area contributed by atoms with E-state index < -0.39 is 0 Å². The molecule has 1 saturated heterocycles. The minimum absolute atomic E-state index is 0.173. The van der Waals surface area contributed by atoms with E-state index in [1.165, 1.54) is 6.07 Å². The molecule has 5 rings (SSSR count). The van der Waals surface area contributed by atoms with E-state index in [1.807, 2.05) is 42.5 Å². The van der Waals surface area contributed by atoms with Crippen LogP contribution in [-0.4, -0.2) is 21.8 Å². The smallest absolute Gasteiger partial charge is 0.174 e. The molecule has 0 amide bonds. The van der Waals surface area contributed by atoms with Gasteiger partial charge in [0, 0.05) is 35.0 Å². The summed E-state index contributed by atoms with van der Waals surface area (Å²) in [6, 6.07) is 20.9. The number of aryl methyl sites for hydroxylation is 2. The Balaban J connectivity index is 1.68. The molecule has 0 aliphatic carbocycles. The molecule has 1 aliphatic rings. The van der Waals surface area contributed by atoms with Crippen molar-refractivity contribution in [3.05, 3.63) is 107 Å². The third kappa shape index (κ3) is 4.06. The van der Waals surface area contributed by atoms with Gasteiger partial charge < -0.3 is 19.5 Å². The standard InChI is InChI=1S/C28H27FN4OS/c1-17-14-21(11-12-24(17)29)33-27(26(31-28(33)35)25-10-5-6-13-30-25)23-15-18(2)32(19(23)3)20-8-7-9-22(16-20)34-4/h5-16,26-27H,1-4H3,(H,31,35)/t26-,27+/m1/s1. The molecule has 2 atom stereocenters. The molecule has 0 saturated carbocycles. The van der Waals surface area contributed by atoms with Crippen LogP contribution in [0.1, 0.15) is 40.3 Å². The monoisotopic (exact) mass is 486 g/mol. The van der Waals surface area contributed by atoms with Crippen LogP contribution in [0.2, 0.25) is 0 Å². The molecule has 2 aromatic carbocycles. The maximum atomic E-state index is 14.1. The minimum atomic E-state index is -0.235. The highest BCUT2D eigenvalue weighted by Gasteiger charge is 2.42. The summed E-state index contributed by atoms with van der Waals surface area (Å²) in [6.45, 7) is 5.98. The highest BCUT2D eigenvalue weighted by atomic mass is 32.1. The fourth-order valence-corrected chi connectivity index (χ4v) is 5.31. The molecule has 3 heterocycles. The number of hydrogen-bond acceptors (Lipinski definition) is 3. The van der Waals surface area contributed by atoms with Crippen LogP contribution in [0.4, 0.5) is 10.1 Å². The number of hydrogen-bond donors (Lipinski definition) is 1. The number of pyridine rings is 1. The van der Waals surface area contributed by atoms with Gasteiger partial charge in [-0.25, -0.2) is 4.39 Å². The van der Waals surface area contributed by atoms with Crippen LogP contribution < -0.4 is 15.0 Å². The summed E-state index contributed by atoms with van der Waals surface area (Å²) in [6.07, 6.45) is 1.79. The maximum absolute atomic E-state index is 14.1. The molecule has 0 unspecified atom stereocenters. The summed E-state index contributed by atoms with van der Waals surface area (Å²) in [5.41, 5.74) is 6.65. The molecule has 35 heavy (non-hydrogen) atoms. The zero-order valence-corrected chi connectivity index (χ0v) is 20.9. The van der Waals surface area contributed by atoms with E-state index >= 15 is 0 Å². The van der Waals surface area contributed by atoms with E-state index in [4.69, 9.17) is 17.0 Å². The van der Waals surface area contributed by atoms with Crippen LogP contribution in [0.3, 0.4) is 0 Å². The number of nitrogens with zero attached hydrogens (tertiary/aromatic N) is 3. The van der Waals surface area contributed by atoms with Crippen LogP contribution in [-0.2, 0) is 0 Å². The third-order valence-electron chi connectivity index (χ3n) is 6.62. The van der Waals surface area contributed by atoms with Crippen molar-refractivity contribution in [1.82, 2.24) is 14.9 Å². The zero-order valence-electron chi connectivity index (χ0n) is 20.1. The lowest BCUT2D eigenvalue weighted by atomic mass is 9.96. The van der Waals surface area contributed by atoms with Crippen molar-refractivity contribution in [2.45, 2.75) is 32.9 Å². The van der Waals surface area contributed by atoms with E-state index in [1.54, 1.807) is 26.3 Å². The SMILES string of the molecule is COc1cccc(-n2c(C)cc([C@H]3[C@@H](c4ccccn4)NC(=S)N3c3ccc(F)c(C)c3)c2C)c1. The van der Waals surface area contributed by atoms with Crippen molar-refractivity contribution in [2.75, 3.05) is 12.0 Å². The van der Waals surface area contributed by atoms with Gasteiger partial charge in [0.25, 0.3) is 0 Å². The minimum Gasteiger partial charge on any atom is -0.497 e. The van der Waals surface area contributed by atoms with Gasteiger partial charge in [-0.05, 0) is 92.6 Å². The van der Waals surface area contributed by atoms with Crippen LogP contribution >= 0.6 is 12.2 Å². The van der Waals surface area contributed by atoms with Crippen molar-refractivity contribution >= 4 is 23.0 Å². The van der Waals surface area contributed by atoms with Crippen molar-refractivity contribution in [3.63, 3.8) is 0 Å². The number of anilines is 1. The van der Waals surface area contributed by atoms with Gasteiger partial charge in [0.15, 0.2) is 5.11 Å². The average molecular weight is 487 g/mol. The van der Waals surface area contributed by atoms with Gasteiger partial charge in [-0.1, -0.05) is 12.1 Å². The Bertz CT molecular complexity index is 1400. The number of rotatable bonds is 5. The first-order valence-corrected chi connectivity index (χ1v) is 11.9. The lowest BCUT2D eigenvalue weighted by molar-refractivity contribution is 0.414. The van der Waals surface area contributed by atoms with Crippen LogP contribution in [0.25, 0.3) is 5.69 Å². The second-order valence-electron chi connectivity index (χ2n) is 8.79. The highest BCUT2D eigenvalue weighted by molar-refractivity contribution is 7.80. The van der Waals surface area contributed by atoms with Crippen LogP contribution in [0, 0.1) is 26.6 Å². The van der Waals surface area contributed by atoms with E-state index in [9.17, 15) is 4.39 Å². The number of nitrogens with one attached hydrogen (secondary N) is 1. The van der Waals surface area contributed by atoms with Gasteiger partial charge in [-0.3, -0.25) is 4.98 Å². The fourth-order valence-electron chi connectivity index (χ4n) is 4.96. The van der Waals surface area contributed by atoms with Crippen LogP contribution in [0.5, 0.6) is 5.75 Å². The summed E-state index contributed by atoms with van der Waals surface area (Å²) >= 11 is 5.83. The molecule has 0 spiro atoms. The molecule has 1 N–H and O–H groups in total. The first-order chi connectivity index (χ1) is 16.9. The molecule has 1 aliphatic heterocycles. The summed E-state index contributed by atoms with van der Waals surface area (Å²) < 4.78 is 21.8. The quantitative estimate of drug-likeness (QED) is 0.344. The van der Waals surface area contributed by atoms with Crippen molar-refractivity contribution in [3.8, 4) is 11.4 Å². The Kier molecular flexibility index (Phi) is 6.03. The van der Waals surface area contributed by atoms with E-state index in [0.29, 0.717) is 10.7 Å². The van der Waals surface area contributed by atoms with E-state index in [-0.39, 0.29) is 17.9 Å². The molecule has 5 nitrogen and oxygen atoms in total. The lowest BCUT2D eigenvalue weighted by Crippen LogP contribution is -2.29. The normalized spacial score (nSPS) is 17.5. The van der Waals surface area contributed by atoms with Gasteiger partial charge in [-0.2, -0.15) is 0 Å². The Hall–Kier alpha value is -3.71. The Morgan fingerprint density at radius 3 is 2.51 bits per heavy atom. The second kappa shape index (κ2) is 9.15. The van der Waals surface area contributed by atoms with Gasteiger partial charge in [0.05, 0.1) is 24.9 Å². The lowest BCUT2D eigenvalue weighted by Gasteiger charge is -2.28. The second-order valence-corrected chi connectivity index (χ2v) is 9.18. The average Bonchev–Trinajstić information content (AvgIpc) is 3.36. The highest BCUT2D eigenvalue weighted by Crippen LogP contribution is 2.44. The molecule has 0 bridgehead atoms. The fraction of sp³-hybridized carbons (Fsp3) is 0.214. The topological polar surface area (TPSA) is 42.3 Å². The number of halogens is 1. The van der Waals surface area contributed by atoms with Crippen molar-refractivity contribution < 1.29 is 9.13 Å². The Morgan fingerprint density at radius 2 is 1.80 bits per heavy atom. The largest absolute Gasteiger partial charge is 0.497 e. The molecule has 2 aromatic heterocycles.